The van der Waals surface area contributed by atoms with E-state index in [1.807, 2.05) is 30.5 Å². The van der Waals surface area contributed by atoms with E-state index in [4.69, 9.17) is 0 Å². The second-order valence-electron chi connectivity index (χ2n) is 5.74. The summed E-state index contributed by atoms with van der Waals surface area (Å²) >= 11 is 1.63. The first kappa shape index (κ1) is 17.3. The van der Waals surface area contributed by atoms with Crippen LogP contribution in [0.25, 0.3) is 0 Å². The van der Waals surface area contributed by atoms with Gasteiger partial charge in [0.15, 0.2) is 0 Å². The molecule has 23 heavy (non-hydrogen) atoms. The molecule has 0 bridgehead atoms. The van der Waals surface area contributed by atoms with Crippen LogP contribution in [-0.2, 0) is 14.4 Å². The molecule has 124 valence electrons. The van der Waals surface area contributed by atoms with Crippen LogP contribution in [0.2, 0.25) is 0 Å². The molecule has 0 aliphatic carbocycles. The fraction of sp³-hybridized carbons (Fsp3) is 0.438. The Hall–Kier alpha value is -2.02. The number of nitrogens with zero attached hydrogens (tertiary/aromatic N) is 1. The zero-order chi connectivity index (χ0) is 17.0. The first-order valence-electron chi connectivity index (χ1n) is 7.46. The van der Waals surface area contributed by atoms with Crippen molar-refractivity contribution in [2.75, 3.05) is 17.7 Å². The van der Waals surface area contributed by atoms with Crippen molar-refractivity contribution in [3.05, 3.63) is 24.3 Å². The molecule has 1 aromatic rings. The van der Waals surface area contributed by atoms with Gasteiger partial charge in [-0.25, -0.2) is 0 Å². The maximum absolute atomic E-state index is 12.1. The van der Waals surface area contributed by atoms with Crippen LogP contribution in [0.1, 0.15) is 20.3 Å². The number of rotatable bonds is 4. The van der Waals surface area contributed by atoms with Gasteiger partial charge in [-0.05, 0) is 30.5 Å². The van der Waals surface area contributed by atoms with Crippen molar-refractivity contribution < 1.29 is 14.4 Å². The molecule has 0 spiro atoms. The normalized spacial score (nSPS) is 17.5. The number of hydrogen-bond donors (Lipinski definition) is 2. The number of hydrazine groups is 1. The Morgan fingerprint density at radius 1 is 1.22 bits per heavy atom. The summed E-state index contributed by atoms with van der Waals surface area (Å²) < 4.78 is 0. The van der Waals surface area contributed by atoms with Crippen LogP contribution in [0.4, 0.5) is 5.69 Å². The van der Waals surface area contributed by atoms with Gasteiger partial charge in [0, 0.05) is 29.5 Å². The van der Waals surface area contributed by atoms with Gasteiger partial charge in [0.1, 0.15) is 0 Å². The molecule has 1 aliphatic rings. The molecule has 0 saturated carbocycles. The number of carbonyl (C=O) groups excluding carboxylic acids is 3. The third-order valence-corrected chi connectivity index (χ3v) is 4.46. The highest BCUT2D eigenvalue weighted by molar-refractivity contribution is 7.98. The molecule has 1 unspecified atom stereocenters. The van der Waals surface area contributed by atoms with Crippen LogP contribution in [0.3, 0.4) is 0 Å². The van der Waals surface area contributed by atoms with Crippen LogP contribution >= 0.6 is 11.8 Å². The molecule has 0 radical (unpaired) electrons. The van der Waals surface area contributed by atoms with Gasteiger partial charge in [0.05, 0.1) is 5.92 Å². The SMILES string of the molecule is CSc1ccc(N2CC(C(=O)NNC(=O)C(C)C)CC2=O)cc1. The lowest BCUT2D eigenvalue weighted by atomic mass is 10.1. The first-order chi connectivity index (χ1) is 10.9. The molecule has 6 nitrogen and oxygen atoms in total. The molecule has 0 aromatic heterocycles. The number of thioether (sulfide) groups is 1. The van der Waals surface area contributed by atoms with Gasteiger partial charge in [-0.2, -0.15) is 0 Å². The quantitative estimate of drug-likeness (QED) is 0.647. The molecular formula is C16H21N3O3S. The summed E-state index contributed by atoms with van der Waals surface area (Å²) in [6.45, 7) is 3.79. The average Bonchev–Trinajstić information content (AvgIpc) is 2.94. The van der Waals surface area contributed by atoms with Crippen molar-refractivity contribution in [1.82, 2.24) is 10.9 Å². The van der Waals surface area contributed by atoms with E-state index in [0.29, 0.717) is 6.54 Å². The zero-order valence-electron chi connectivity index (χ0n) is 13.5. The van der Waals surface area contributed by atoms with Gasteiger partial charge < -0.3 is 4.90 Å². The lowest BCUT2D eigenvalue weighted by Crippen LogP contribution is -2.46. The van der Waals surface area contributed by atoms with Crippen molar-refractivity contribution in [2.45, 2.75) is 25.2 Å². The molecule has 2 rings (SSSR count). The van der Waals surface area contributed by atoms with E-state index in [9.17, 15) is 14.4 Å². The number of hydrogen-bond acceptors (Lipinski definition) is 4. The van der Waals surface area contributed by atoms with Gasteiger partial charge >= 0.3 is 0 Å². The molecule has 1 atom stereocenters. The lowest BCUT2D eigenvalue weighted by Gasteiger charge is -2.17. The highest BCUT2D eigenvalue weighted by Gasteiger charge is 2.35. The van der Waals surface area contributed by atoms with Crippen molar-refractivity contribution in [1.29, 1.82) is 0 Å². The van der Waals surface area contributed by atoms with E-state index in [1.54, 1.807) is 30.5 Å². The van der Waals surface area contributed by atoms with Crippen LogP contribution in [0.15, 0.2) is 29.2 Å². The molecule has 1 saturated heterocycles. The topological polar surface area (TPSA) is 78.5 Å². The lowest BCUT2D eigenvalue weighted by molar-refractivity contribution is -0.132. The maximum Gasteiger partial charge on any atom is 0.243 e. The predicted molar refractivity (Wildman–Crippen MR) is 89.8 cm³/mol. The fourth-order valence-electron chi connectivity index (χ4n) is 2.26. The van der Waals surface area contributed by atoms with Crippen molar-refractivity contribution >= 4 is 35.2 Å². The van der Waals surface area contributed by atoms with Gasteiger partial charge in [-0.1, -0.05) is 13.8 Å². The van der Waals surface area contributed by atoms with Crippen molar-refractivity contribution in [3.8, 4) is 0 Å². The van der Waals surface area contributed by atoms with E-state index in [1.165, 1.54) is 0 Å². The third kappa shape index (κ3) is 4.25. The number of nitrogens with one attached hydrogen (secondary N) is 2. The first-order valence-corrected chi connectivity index (χ1v) is 8.69. The molecule has 1 fully saturated rings. The molecule has 1 aliphatic heterocycles. The second-order valence-corrected chi connectivity index (χ2v) is 6.62. The van der Waals surface area contributed by atoms with Crippen LogP contribution in [0, 0.1) is 11.8 Å². The van der Waals surface area contributed by atoms with Gasteiger partial charge in [-0.15, -0.1) is 11.8 Å². The predicted octanol–water partition coefficient (Wildman–Crippen LogP) is 1.56. The highest BCUT2D eigenvalue weighted by Crippen LogP contribution is 2.27. The van der Waals surface area contributed by atoms with Gasteiger partial charge in [0.25, 0.3) is 0 Å². The fourth-order valence-corrected chi connectivity index (χ4v) is 2.67. The molecule has 1 heterocycles. The molecule has 3 amide bonds. The van der Waals surface area contributed by atoms with E-state index in [2.05, 4.69) is 10.9 Å². The van der Waals surface area contributed by atoms with E-state index in [0.717, 1.165) is 10.6 Å². The largest absolute Gasteiger partial charge is 0.312 e. The average molecular weight is 335 g/mol. The zero-order valence-corrected chi connectivity index (χ0v) is 14.3. The monoisotopic (exact) mass is 335 g/mol. The number of anilines is 1. The summed E-state index contributed by atoms with van der Waals surface area (Å²) in [5.74, 6) is -1.36. The van der Waals surface area contributed by atoms with Gasteiger partial charge in [0.2, 0.25) is 17.7 Å². The minimum absolute atomic E-state index is 0.0859. The smallest absolute Gasteiger partial charge is 0.243 e. The minimum Gasteiger partial charge on any atom is -0.312 e. The maximum atomic E-state index is 12.1. The Morgan fingerprint density at radius 3 is 2.43 bits per heavy atom. The van der Waals surface area contributed by atoms with Crippen molar-refractivity contribution in [2.24, 2.45) is 11.8 Å². The van der Waals surface area contributed by atoms with Crippen LogP contribution in [-0.4, -0.2) is 30.5 Å². The van der Waals surface area contributed by atoms with Crippen LogP contribution < -0.4 is 15.8 Å². The third-order valence-electron chi connectivity index (χ3n) is 3.71. The molecule has 7 heteroatoms. The Labute approximate surface area is 140 Å². The summed E-state index contributed by atoms with van der Waals surface area (Å²) in [4.78, 5) is 38.4. The Kier molecular flexibility index (Phi) is 5.65. The highest BCUT2D eigenvalue weighted by atomic mass is 32.2. The number of benzene rings is 1. The molecule has 1 aromatic carbocycles. The molecular weight excluding hydrogens is 314 g/mol. The summed E-state index contributed by atoms with van der Waals surface area (Å²) in [5.41, 5.74) is 5.55. The Morgan fingerprint density at radius 2 is 1.87 bits per heavy atom. The number of amides is 3. The Balaban J connectivity index is 1.96. The summed E-state index contributed by atoms with van der Waals surface area (Å²) in [7, 11) is 0. The summed E-state index contributed by atoms with van der Waals surface area (Å²) in [6.07, 6.45) is 2.13. The minimum atomic E-state index is -0.463. The van der Waals surface area contributed by atoms with Gasteiger partial charge in [-0.3, -0.25) is 25.2 Å². The standard InChI is InChI=1S/C16H21N3O3S/c1-10(2)15(21)17-18-16(22)11-8-14(20)19(9-11)12-4-6-13(23-3)7-5-12/h4-7,10-11H,8-9H2,1-3H3,(H,17,21)(H,18,22). The van der Waals surface area contributed by atoms with E-state index >= 15 is 0 Å². The Bertz CT molecular complexity index is 601. The number of carbonyl (C=O) groups is 3. The van der Waals surface area contributed by atoms with E-state index in [-0.39, 0.29) is 30.1 Å². The molecule has 2 N–H and O–H groups in total. The summed E-state index contributed by atoms with van der Waals surface area (Å²) in [6, 6.07) is 7.65. The summed E-state index contributed by atoms with van der Waals surface area (Å²) in [5, 5.41) is 0. The van der Waals surface area contributed by atoms with Crippen LogP contribution in [0.5, 0.6) is 0 Å². The van der Waals surface area contributed by atoms with Crippen molar-refractivity contribution in [3.63, 3.8) is 0 Å². The second kappa shape index (κ2) is 7.50. The van der Waals surface area contributed by atoms with E-state index < -0.39 is 5.92 Å².